The van der Waals surface area contributed by atoms with Gasteiger partial charge in [-0.1, -0.05) is 148 Å². The molecule has 0 amide bonds. The zero-order valence-corrected chi connectivity index (χ0v) is 29.4. The van der Waals surface area contributed by atoms with E-state index in [-0.39, 0.29) is 0 Å². The standard InChI is InChI=1S/C43H71N/c1-3-34-18-8-5-6-16-32-43(33-17-15-20-34,36-21-10-7-9-19-35(4-2)26-27-36)37-28-30-38(31-29-37)44-41-24-13-11-22-39(41)40-23-12-14-25-42(40)44/h28-31,34-36,39-42H,3-27,32-33H2,1-2H3/t34?,35?,36?,39-,40?,41?,42?,43?/m0/s1. The average Bonchev–Trinajstić information content (AvgIpc) is 3.45. The molecule has 44 heavy (non-hydrogen) atoms. The summed E-state index contributed by atoms with van der Waals surface area (Å²) in [6, 6.07) is 12.4. The third-order valence-corrected chi connectivity index (χ3v) is 14.6. The molecule has 0 bridgehead atoms. The normalized spacial score (nSPS) is 38.2. The lowest BCUT2D eigenvalue weighted by Crippen LogP contribution is -2.40. The minimum absolute atomic E-state index is 0.397. The van der Waals surface area contributed by atoms with Crippen molar-refractivity contribution in [2.75, 3.05) is 4.90 Å². The second-order valence-corrected chi connectivity index (χ2v) is 16.8. The average molecular weight is 602 g/mol. The molecule has 8 atom stereocenters. The zero-order chi connectivity index (χ0) is 30.2. The van der Waals surface area contributed by atoms with Gasteiger partial charge in [-0.3, -0.25) is 0 Å². The molecule has 1 aromatic rings. The minimum atomic E-state index is 0.397. The highest BCUT2D eigenvalue weighted by atomic mass is 15.2. The molecule has 1 saturated heterocycles. The molecule has 1 nitrogen and oxygen atoms in total. The molecule has 1 heterocycles. The van der Waals surface area contributed by atoms with Crippen LogP contribution in [0, 0.1) is 29.6 Å². The summed E-state index contributed by atoms with van der Waals surface area (Å²) >= 11 is 0. The molecule has 4 aliphatic carbocycles. The van der Waals surface area contributed by atoms with Crippen LogP contribution in [-0.2, 0) is 5.41 Å². The van der Waals surface area contributed by atoms with Crippen molar-refractivity contribution in [2.45, 2.75) is 205 Å². The van der Waals surface area contributed by atoms with E-state index in [2.05, 4.69) is 43.0 Å². The summed E-state index contributed by atoms with van der Waals surface area (Å²) in [5.41, 5.74) is 3.74. The van der Waals surface area contributed by atoms with Crippen molar-refractivity contribution in [3.63, 3.8) is 0 Å². The van der Waals surface area contributed by atoms with Crippen LogP contribution in [0.4, 0.5) is 5.69 Å². The Kier molecular flexibility index (Phi) is 12.1. The summed E-state index contributed by atoms with van der Waals surface area (Å²) in [4.78, 5) is 3.02. The number of benzene rings is 1. The van der Waals surface area contributed by atoms with Crippen molar-refractivity contribution < 1.29 is 0 Å². The van der Waals surface area contributed by atoms with Gasteiger partial charge >= 0.3 is 0 Å². The Bertz CT molecular complexity index is 944. The Morgan fingerprint density at radius 2 is 0.977 bits per heavy atom. The summed E-state index contributed by atoms with van der Waals surface area (Å²) in [5, 5.41) is 0. The predicted octanol–water partition coefficient (Wildman–Crippen LogP) is 13.2. The van der Waals surface area contributed by atoms with E-state index < -0.39 is 0 Å². The topological polar surface area (TPSA) is 3.24 Å². The maximum atomic E-state index is 3.02. The minimum Gasteiger partial charge on any atom is -0.365 e. The van der Waals surface area contributed by atoms with Crippen LogP contribution in [0.15, 0.2) is 24.3 Å². The summed E-state index contributed by atoms with van der Waals surface area (Å²) in [7, 11) is 0. The Labute approximate surface area is 274 Å². The predicted molar refractivity (Wildman–Crippen MR) is 192 cm³/mol. The maximum absolute atomic E-state index is 3.02. The van der Waals surface area contributed by atoms with Crippen molar-refractivity contribution in [2.24, 2.45) is 29.6 Å². The molecule has 1 aromatic carbocycles. The first-order valence-corrected chi connectivity index (χ1v) is 20.6. The first-order chi connectivity index (χ1) is 21.7. The fourth-order valence-electron chi connectivity index (χ4n) is 12.0. The number of rotatable bonds is 5. The first-order valence-electron chi connectivity index (χ1n) is 20.6. The molecule has 4 saturated carbocycles. The van der Waals surface area contributed by atoms with Gasteiger partial charge in [-0.15, -0.1) is 0 Å². The number of anilines is 1. The van der Waals surface area contributed by atoms with Gasteiger partial charge in [-0.2, -0.15) is 0 Å². The molecule has 0 aromatic heterocycles. The summed E-state index contributed by atoms with van der Waals surface area (Å²) in [6.45, 7) is 4.92. The molecule has 7 unspecified atom stereocenters. The van der Waals surface area contributed by atoms with Crippen LogP contribution >= 0.6 is 0 Å². The Balaban J connectivity index is 1.30. The monoisotopic (exact) mass is 602 g/mol. The highest BCUT2D eigenvalue weighted by Crippen LogP contribution is 2.52. The van der Waals surface area contributed by atoms with Gasteiger partial charge in [0.15, 0.2) is 0 Å². The lowest BCUT2D eigenvalue weighted by Gasteiger charge is -2.44. The van der Waals surface area contributed by atoms with Gasteiger partial charge in [0, 0.05) is 17.8 Å². The van der Waals surface area contributed by atoms with E-state index in [0.29, 0.717) is 5.41 Å². The van der Waals surface area contributed by atoms with Gasteiger partial charge < -0.3 is 4.90 Å². The number of nitrogens with zero attached hydrogens (tertiary/aromatic N) is 1. The Morgan fingerprint density at radius 3 is 1.61 bits per heavy atom. The van der Waals surface area contributed by atoms with Gasteiger partial charge in [0.25, 0.3) is 0 Å². The van der Waals surface area contributed by atoms with Crippen LogP contribution in [0.1, 0.15) is 193 Å². The molecular weight excluding hydrogens is 530 g/mol. The van der Waals surface area contributed by atoms with Crippen LogP contribution in [0.3, 0.4) is 0 Å². The van der Waals surface area contributed by atoms with Gasteiger partial charge in [0.05, 0.1) is 0 Å². The lowest BCUT2D eigenvalue weighted by molar-refractivity contribution is 0.178. The van der Waals surface area contributed by atoms with Gasteiger partial charge in [0.2, 0.25) is 0 Å². The molecular formula is C43H71N. The smallest absolute Gasteiger partial charge is 0.0371 e. The highest BCUT2D eigenvalue weighted by Gasteiger charge is 2.50. The van der Waals surface area contributed by atoms with Crippen LogP contribution in [0.5, 0.6) is 0 Å². The van der Waals surface area contributed by atoms with Crippen molar-refractivity contribution in [1.29, 1.82) is 0 Å². The van der Waals surface area contributed by atoms with E-state index in [4.69, 9.17) is 0 Å². The molecule has 5 aliphatic rings. The molecule has 6 rings (SSSR count). The molecule has 0 radical (unpaired) electrons. The van der Waals surface area contributed by atoms with Crippen molar-refractivity contribution in [1.82, 2.24) is 0 Å². The van der Waals surface area contributed by atoms with Crippen LogP contribution in [-0.4, -0.2) is 12.1 Å². The van der Waals surface area contributed by atoms with E-state index in [9.17, 15) is 0 Å². The lowest BCUT2D eigenvalue weighted by atomic mass is 9.61. The van der Waals surface area contributed by atoms with Gasteiger partial charge in [-0.05, 0) is 104 Å². The molecule has 248 valence electrons. The fraction of sp³-hybridized carbons (Fsp3) is 0.860. The zero-order valence-electron chi connectivity index (χ0n) is 29.4. The van der Waals surface area contributed by atoms with Gasteiger partial charge in [-0.25, -0.2) is 0 Å². The third kappa shape index (κ3) is 7.43. The van der Waals surface area contributed by atoms with E-state index in [0.717, 1.165) is 41.7 Å². The van der Waals surface area contributed by atoms with E-state index in [1.165, 1.54) is 173 Å². The quantitative estimate of drug-likeness (QED) is 0.324. The number of fused-ring (bicyclic) bond motifs is 3. The Morgan fingerprint density at radius 1 is 0.500 bits per heavy atom. The maximum Gasteiger partial charge on any atom is 0.0371 e. The third-order valence-electron chi connectivity index (χ3n) is 14.6. The van der Waals surface area contributed by atoms with Crippen molar-refractivity contribution in [3.8, 4) is 0 Å². The molecule has 5 fully saturated rings. The Hall–Kier alpha value is -0.980. The molecule has 0 spiro atoms. The summed E-state index contributed by atoms with van der Waals surface area (Å²) in [5.74, 6) is 4.77. The second kappa shape index (κ2) is 16.2. The van der Waals surface area contributed by atoms with E-state index in [1.54, 1.807) is 11.3 Å². The van der Waals surface area contributed by atoms with Crippen LogP contribution in [0.25, 0.3) is 0 Å². The second-order valence-electron chi connectivity index (χ2n) is 16.8. The molecule has 1 heteroatoms. The molecule has 0 N–H and O–H groups in total. The number of hydrogen-bond acceptors (Lipinski definition) is 1. The largest absolute Gasteiger partial charge is 0.365 e. The SMILES string of the molecule is CCC1CCCCCCC(c2ccc(N3C4CCCCC4[C@@H]4CCCCC43)cc2)(C2CCCCCC(CC)CC2)CCCC1. The first kappa shape index (κ1) is 32.9. The number of hydrogen-bond donors (Lipinski definition) is 0. The van der Waals surface area contributed by atoms with Crippen LogP contribution in [0.2, 0.25) is 0 Å². The summed E-state index contributed by atoms with van der Waals surface area (Å²) in [6.07, 6.45) is 39.6. The van der Waals surface area contributed by atoms with Crippen molar-refractivity contribution >= 4 is 5.69 Å². The highest BCUT2D eigenvalue weighted by molar-refractivity contribution is 5.53. The fourth-order valence-corrected chi connectivity index (χ4v) is 12.0. The van der Waals surface area contributed by atoms with E-state index >= 15 is 0 Å². The van der Waals surface area contributed by atoms with E-state index in [1.807, 2.05) is 0 Å². The van der Waals surface area contributed by atoms with Crippen LogP contribution < -0.4 is 4.90 Å². The van der Waals surface area contributed by atoms with Crippen molar-refractivity contribution in [3.05, 3.63) is 29.8 Å². The van der Waals surface area contributed by atoms with Gasteiger partial charge in [0.1, 0.15) is 0 Å². The summed E-state index contributed by atoms with van der Waals surface area (Å²) < 4.78 is 0. The molecule has 1 aliphatic heterocycles.